The number of carbonyl (C=O) groups excluding carboxylic acids is 1. The van der Waals surface area contributed by atoms with Gasteiger partial charge in [-0.15, -0.1) is 0 Å². The van der Waals surface area contributed by atoms with Gasteiger partial charge in [-0.1, -0.05) is 33.6 Å². The zero-order valence-corrected chi connectivity index (χ0v) is 10.1. The highest BCUT2D eigenvalue weighted by Crippen LogP contribution is 2.32. The number of ether oxygens (including phenoxy) is 1. The van der Waals surface area contributed by atoms with Crippen LogP contribution in [-0.4, -0.2) is 18.6 Å². The minimum atomic E-state index is -0.155. The first-order valence-corrected chi connectivity index (χ1v) is 5.81. The Labute approximate surface area is 92.4 Å². The van der Waals surface area contributed by atoms with E-state index in [-0.39, 0.29) is 17.4 Å². The average molecular weight is 213 g/mol. The fourth-order valence-electron chi connectivity index (χ4n) is 1.29. The second-order valence-electron chi connectivity index (χ2n) is 5.63. The maximum absolute atomic E-state index is 11.4. The van der Waals surface area contributed by atoms with E-state index in [0.29, 0.717) is 13.0 Å². The zero-order valence-electron chi connectivity index (χ0n) is 10.1. The van der Waals surface area contributed by atoms with Crippen LogP contribution < -0.4 is 5.73 Å². The largest absolute Gasteiger partial charge is 0.466 e. The van der Waals surface area contributed by atoms with Crippen molar-refractivity contribution in [3.05, 3.63) is 0 Å². The van der Waals surface area contributed by atoms with Crippen LogP contribution in [0.3, 0.4) is 0 Å². The molecule has 2 N–H and O–H groups in total. The lowest BCUT2D eigenvalue weighted by atomic mass is 9.85. The van der Waals surface area contributed by atoms with Crippen LogP contribution >= 0.6 is 0 Å². The summed E-state index contributed by atoms with van der Waals surface area (Å²) in [4.78, 5) is 11.4. The fraction of sp³-hybridized carbons (Fsp3) is 0.917. The third-order valence-electron chi connectivity index (χ3n) is 2.99. The maximum Gasteiger partial charge on any atom is 0.307 e. The predicted molar refractivity (Wildman–Crippen MR) is 60.3 cm³/mol. The Balaban J connectivity index is 2.11. The molecule has 3 nitrogen and oxygen atoms in total. The van der Waals surface area contributed by atoms with Gasteiger partial charge < -0.3 is 10.5 Å². The number of nitrogens with two attached hydrogens (primary N) is 1. The lowest BCUT2D eigenvalue weighted by Gasteiger charge is -2.26. The second-order valence-corrected chi connectivity index (χ2v) is 5.63. The Hall–Kier alpha value is -0.570. The van der Waals surface area contributed by atoms with E-state index in [0.717, 1.165) is 12.3 Å². The van der Waals surface area contributed by atoms with Gasteiger partial charge in [-0.05, 0) is 17.8 Å². The summed E-state index contributed by atoms with van der Waals surface area (Å²) in [5, 5.41) is 0. The van der Waals surface area contributed by atoms with Gasteiger partial charge in [0, 0.05) is 6.04 Å². The molecular weight excluding hydrogens is 190 g/mol. The van der Waals surface area contributed by atoms with Crippen LogP contribution in [0.25, 0.3) is 0 Å². The standard InChI is InChI=1S/C12H23NO2/c1-12(2,3)10(13)8-11(14)15-7-6-9-4-5-9/h9-10H,4-8,13H2,1-3H3. The molecule has 1 unspecified atom stereocenters. The fourth-order valence-corrected chi connectivity index (χ4v) is 1.29. The van der Waals surface area contributed by atoms with Crippen LogP contribution in [-0.2, 0) is 9.53 Å². The summed E-state index contributed by atoms with van der Waals surface area (Å²) in [5.74, 6) is 0.659. The maximum atomic E-state index is 11.4. The monoisotopic (exact) mass is 213 g/mol. The van der Waals surface area contributed by atoms with Gasteiger partial charge in [0.2, 0.25) is 0 Å². The minimum Gasteiger partial charge on any atom is -0.466 e. The van der Waals surface area contributed by atoms with E-state index in [9.17, 15) is 4.79 Å². The molecule has 15 heavy (non-hydrogen) atoms. The van der Waals surface area contributed by atoms with E-state index < -0.39 is 0 Å². The number of rotatable bonds is 5. The van der Waals surface area contributed by atoms with Crippen molar-refractivity contribution in [2.45, 2.75) is 52.5 Å². The summed E-state index contributed by atoms with van der Waals surface area (Å²) in [6, 6.07) is -0.120. The van der Waals surface area contributed by atoms with Gasteiger partial charge in [-0.2, -0.15) is 0 Å². The molecule has 0 radical (unpaired) electrons. The van der Waals surface area contributed by atoms with Crippen molar-refractivity contribution in [3.8, 4) is 0 Å². The lowest BCUT2D eigenvalue weighted by Crippen LogP contribution is -2.37. The Bertz CT molecular complexity index is 216. The smallest absolute Gasteiger partial charge is 0.307 e. The van der Waals surface area contributed by atoms with Gasteiger partial charge in [0.1, 0.15) is 0 Å². The molecule has 1 saturated carbocycles. The van der Waals surface area contributed by atoms with Crippen molar-refractivity contribution < 1.29 is 9.53 Å². The predicted octanol–water partition coefficient (Wildman–Crippen LogP) is 2.09. The van der Waals surface area contributed by atoms with E-state index >= 15 is 0 Å². The quantitative estimate of drug-likeness (QED) is 0.711. The third-order valence-corrected chi connectivity index (χ3v) is 2.99. The van der Waals surface area contributed by atoms with Gasteiger partial charge in [-0.25, -0.2) is 0 Å². The van der Waals surface area contributed by atoms with Gasteiger partial charge in [-0.3, -0.25) is 4.79 Å². The number of esters is 1. The summed E-state index contributed by atoms with van der Waals surface area (Å²) in [5.41, 5.74) is 5.86. The molecule has 0 spiro atoms. The highest BCUT2D eigenvalue weighted by molar-refractivity contribution is 5.70. The molecule has 1 aliphatic carbocycles. The van der Waals surface area contributed by atoms with Crippen molar-refractivity contribution in [3.63, 3.8) is 0 Å². The Morgan fingerprint density at radius 3 is 2.53 bits per heavy atom. The third kappa shape index (κ3) is 5.17. The number of hydrogen-bond acceptors (Lipinski definition) is 3. The van der Waals surface area contributed by atoms with Crippen molar-refractivity contribution in [2.75, 3.05) is 6.61 Å². The van der Waals surface area contributed by atoms with E-state index in [1.54, 1.807) is 0 Å². The van der Waals surface area contributed by atoms with Crippen molar-refractivity contribution in [2.24, 2.45) is 17.1 Å². The molecule has 1 aliphatic rings. The van der Waals surface area contributed by atoms with Gasteiger partial charge >= 0.3 is 5.97 Å². The summed E-state index contributed by atoms with van der Waals surface area (Å²) in [7, 11) is 0. The summed E-state index contributed by atoms with van der Waals surface area (Å²) in [6.07, 6.45) is 3.96. The van der Waals surface area contributed by atoms with Crippen LogP contribution in [0, 0.1) is 11.3 Å². The first-order valence-electron chi connectivity index (χ1n) is 5.81. The lowest BCUT2D eigenvalue weighted by molar-refractivity contribution is -0.144. The molecule has 1 atom stereocenters. The molecular formula is C12H23NO2. The van der Waals surface area contributed by atoms with E-state index in [4.69, 9.17) is 10.5 Å². The molecule has 0 aromatic heterocycles. The minimum absolute atomic E-state index is 0.0322. The molecule has 0 aromatic rings. The molecule has 0 aromatic carbocycles. The SMILES string of the molecule is CC(C)(C)C(N)CC(=O)OCCC1CC1. The molecule has 0 amide bonds. The zero-order chi connectivity index (χ0) is 11.5. The van der Waals surface area contributed by atoms with E-state index in [1.807, 2.05) is 20.8 Å². The summed E-state index contributed by atoms with van der Waals surface area (Å²) < 4.78 is 5.14. The van der Waals surface area contributed by atoms with Crippen LogP contribution in [0.1, 0.15) is 46.5 Å². The molecule has 1 rings (SSSR count). The normalized spacial score (nSPS) is 18.7. The number of carbonyl (C=O) groups is 1. The first kappa shape index (κ1) is 12.5. The molecule has 0 saturated heterocycles. The highest BCUT2D eigenvalue weighted by atomic mass is 16.5. The average Bonchev–Trinajstić information content (AvgIpc) is 2.86. The van der Waals surface area contributed by atoms with E-state index in [2.05, 4.69) is 0 Å². The summed E-state index contributed by atoms with van der Waals surface area (Å²) in [6.45, 7) is 6.68. The topological polar surface area (TPSA) is 52.3 Å². The second kappa shape index (κ2) is 4.97. The molecule has 0 aliphatic heterocycles. The van der Waals surface area contributed by atoms with Crippen LogP contribution in [0.4, 0.5) is 0 Å². The van der Waals surface area contributed by atoms with Crippen molar-refractivity contribution in [1.82, 2.24) is 0 Å². The summed E-state index contributed by atoms with van der Waals surface area (Å²) >= 11 is 0. The molecule has 3 heteroatoms. The highest BCUT2D eigenvalue weighted by Gasteiger charge is 2.25. The van der Waals surface area contributed by atoms with Crippen LogP contribution in [0.15, 0.2) is 0 Å². The first-order chi connectivity index (χ1) is 6.89. The van der Waals surface area contributed by atoms with Crippen molar-refractivity contribution >= 4 is 5.97 Å². The Morgan fingerprint density at radius 1 is 1.47 bits per heavy atom. The molecule has 0 heterocycles. The van der Waals surface area contributed by atoms with Gasteiger partial charge in [0.05, 0.1) is 13.0 Å². The van der Waals surface area contributed by atoms with Crippen LogP contribution in [0.2, 0.25) is 0 Å². The molecule has 0 bridgehead atoms. The molecule has 1 fully saturated rings. The van der Waals surface area contributed by atoms with Gasteiger partial charge in [0.15, 0.2) is 0 Å². The Morgan fingerprint density at radius 2 is 2.07 bits per heavy atom. The Kier molecular flexibility index (Phi) is 4.14. The molecule has 88 valence electrons. The van der Waals surface area contributed by atoms with Gasteiger partial charge in [0.25, 0.3) is 0 Å². The van der Waals surface area contributed by atoms with Crippen molar-refractivity contribution in [1.29, 1.82) is 0 Å². The van der Waals surface area contributed by atoms with E-state index in [1.165, 1.54) is 12.8 Å². The number of hydrogen-bond donors (Lipinski definition) is 1. The van der Waals surface area contributed by atoms with Crippen LogP contribution in [0.5, 0.6) is 0 Å².